The van der Waals surface area contributed by atoms with Crippen LogP contribution in [0.5, 0.6) is 0 Å². The highest BCUT2D eigenvalue weighted by Crippen LogP contribution is 2.40. The summed E-state index contributed by atoms with van der Waals surface area (Å²) in [5.41, 5.74) is 0.688. The minimum absolute atomic E-state index is 0.186. The van der Waals surface area contributed by atoms with Gasteiger partial charge < -0.3 is 9.47 Å². The molecule has 0 saturated heterocycles. The minimum Gasteiger partial charge on any atom is -0.494 e. The van der Waals surface area contributed by atoms with Gasteiger partial charge in [-0.15, -0.1) is 0 Å². The molecule has 1 heterocycles. The quantitative estimate of drug-likeness (QED) is 0.654. The first-order valence-corrected chi connectivity index (χ1v) is 4.94. The van der Waals surface area contributed by atoms with Gasteiger partial charge in [-0.05, 0) is 0 Å². The van der Waals surface area contributed by atoms with Crippen molar-refractivity contribution in [1.82, 2.24) is 0 Å². The Morgan fingerprint density at radius 3 is 2.93 bits per heavy atom. The molecule has 0 aromatic carbocycles. The number of rotatable bonds is 2. The number of aldehydes is 1. The van der Waals surface area contributed by atoms with Crippen LogP contribution in [0, 0.1) is 5.92 Å². The van der Waals surface area contributed by atoms with Crippen molar-refractivity contribution in [1.29, 1.82) is 0 Å². The lowest BCUT2D eigenvalue weighted by atomic mass is 9.86. The van der Waals surface area contributed by atoms with Crippen LogP contribution in [0.2, 0.25) is 0 Å². The molecule has 0 aromatic rings. The maximum absolute atomic E-state index is 13.8. The number of halogens is 1. The van der Waals surface area contributed by atoms with Crippen molar-refractivity contribution < 1.29 is 18.7 Å². The summed E-state index contributed by atoms with van der Waals surface area (Å²) in [7, 11) is 1.54. The molecule has 2 atom stereocenters. The molecule has 1 aliphatic heterocycles. The van der Waals surface area contributed by atoms with Crippen LogP contribution in [0.15, 0.2) is 22.7 Å². The molecule has 0 saturated carbocycles. The smallest absolute Gasteiger partial charge is 0.149 e. The van der Waals surface area contributed by atoms with Crippen molar-refractivity contribution in [2.75, 3.05) is 13.7 Å². The fourth-order valence-corrected chi connectivity index (χ4v) is 2.18. The monoisotopic (exact) mass is 212 g/mol. The predicted octanol–water partition coefficient (Wildman–Crippen LogP) is 1.75. The molecule has 0 bridgehead atoms. The first-order chi connectivity index (χ1) is 7.20. The standard InChI is InChI=1S/C11H13FO3/c1-6-8(5-13)9(12)7-3-4-15-11(7)10(6)14-2/h5-6,10H,3-4H2,1-2H3. The van der Waals surface area contributed by atoms with Gasteiger partial charge in [0, 0.05) is 30.6 Å². The molecular weight excluding hydrogens is 199 g/mol. The van der Waals surface area contributed by atoms with E-state index in [4.69, 9.17) is 9.47 Å². The Balaban J connectivity index is 2.49. The third kappa shape index (κ3) is 1.40. The first-order valence-electron chi connectivity index (χ1n) is 4.94. The Hall–Kier alpha value is -1.16. The number of ether oxygens (including phenoxy) is 2. The van der Waals surface area contributed by atoms with Gasteiger partial charge in [-0.2, -0.15) is 0 Å². The van der Waals surface area contributed by atoms with Crippen LogP contribution in [-0.2, 0) is 14.3 Å². The summed E-state index contributed by atoms with van der Waals surface area (Å²) >= 11 is 0. The van der Waals surface area contributed by atoms with Gasteiger partial charge in [-0.1, -0.05) is 6.92 Å². The average Bonchev–Trinajstić information content (AvgIpc) is 2.68. The van der Waals surface area contributed by atoms with Crippen LogP contribution in [0.3, 0.4) is 0 Å². The Morgan fingerprint density at radius 1 is 1.60 bits per heavy atom. The molecule has 0 aromatic heterocycles. The van der Waals surface area contributed by atoms with E-state index in [2.05, 4.69) is 0 Å². The number of hydrogen-bond acceptors (Lipinski definition) is 3. The van der Waals surface area contributed by atoms with Gasteiger partial charge in [-0.3, -0.25) is 4.79 Å². The lowest BCUT2D eigenvalue weighted by Gasteiger charge is -2.28. The summed E-state index contributed by atoms with van der Waals surface area (Å²) < 4.78 is 24.4. The molecule has 2 aliphatic rings. The summed E-state index contributed by atoms with van der Waals surface area (Å²) in [5.74, 6) is -0.143. The van der Waals surface area contributed by atoms with E-state index >= 15 is 0 Å². The van der Waals surface area contributed by atoms with Crippen LogP contribution in [-0.4, -0.2) is 26.1 Å². The van der Waals surface area contributed by atoms with Gasteiger partial charge in [-0.25, -0.2) is 4.39 Å². The molecule has 1 aliphatic carbocycles. The summed E-state index contributed by atoms with van der Waals surface area (Å²) in [4.78, 5) is 10.8. The molecule has 0 radical (unpaired) electrons. The molecule has 0 N–H and O–H groups in total. The van der Waals surface area contributed by atoms with Crippen LogP contribution in [0.25, 0.3) is 0 Å². The van der Waals surface area contributed by atoms with Crippen molar-refractivity contribution in [3.05, 3.63) is 22.7 Å². The first kappa shape index (κ1) is 10.4. The average molecular weight is 212 g/mol. The van der Waals surface area contributed by atoms with Gasteiger partial charge in [0.05, 0.1) is 6.61 Å². The summed E-state index contributed by atoms with van der Waals surface area (Å²) in [6.07, 6.45) is 0.765. The van der Waals surface area contributed by atoms with E-state index in [9.17, 15) is 9.18 Å². The fraction of sp³-hybridized carbons (Fsp3) is 0.545. The zero-order valence-corrected chi connectivity index (χ0v) is 8.75. The second-order valence-corrected chi connectivity index (χ2v) is 3.77. The zero-order valence-electron chi connectivity index (χ0n) is 8.75. The molecule has 82 valence electrons. The number of allylic oxidation sites excluding steroid dienone is 1. The van der Waals surface area contributed by atoms with Crippen LogP contribution < -0.4 is 0 Å². The predicted molar refractivity (Wildman–Crippen MR) is 51.8 cm³/mol. The van der Waals surface area contributed by atoms with Crippen molar-refractivity contribution in [2.45, 2.75) is 19.4 Å². The Kier molecular flexibility index (Phi) is 2.61. The van der Waals surface area contributed by atoms with E-state index in [1.165, 1.54) is 0 Å². The number of carbonyl (C=O) groups is 1. The van der Waals surface area contributed by atoms with Crippen molar-refractivity contribution in [3.63, 3.8) is 0 Å². The Labute approximate surface area is 87.6 Å². The van der Waals surface area contributed by atoms with E-state index in [-0.39, 0.29) is 17.6 Å². The molecule has 15 heavy (non-hydrogen) atoms. The molecule has 3 nitrogen and oxygen atoms in total. The second kappa shape index (κ2) is 3.77. The maximum Gasteiger partial charge on any atom is 0.149 e. The largest absolute Gasteiger partial charge is 0.494 e. The number of carbonyl (C=O) groups excluding carboxylic acids is 1. The lowest BCUT2D eigenvalue weighted by Crippen LogP contribution is -2.29. The highest BCUT2D eigenvalue weighted by Gasteiger charge is 2.38. The third-order valence-corrected chi connectivity index (χ3v) is 3.01. The van der Waals surface area contributed by atoms with E-state index in [1.807, 2.05) is 0 Å². The van der Waals surface area contributed by atoms with Gasteiger partial charge in [0.15, 0.2) is 0 Å². The molecule has 0 spiro atoms. The minimum atomic E-state index is -0.418. The summed E-state index contributed by atoms with van der Waals surface area (Å²) in [6.45, 7) is 2.24. The summed E-state index contributed by atoms with van der Waals surface area (Å²) in [5, 5.41) is 0. The molecule has 0 fully saturated rings. The van der Waals surface area contributed by atoms with Crippen LogP contribution >= 0.6 is 0 Å². The molecule has 4 heteroatoms. The SMILES string of the molecule is COC1C2=C(CCO2)C(F)=C(C=O)C1C. The fourth-order valence-electron chi connectivity index (χ4n) is 2.18. The van der Waals surface area contributed by atoms with Gasteiger partial charge >= 0.3 is 0 Å². The zero-order chi connectivity index (χ0) is 11.0. The van der Waals surface area contributed by atoms with E-state index in [1.54, 1.807) is 14.0 Å². The highest BCUT2D eigenvalue weighted by molar-refractivity contribution is 5.77. The second-order valence-electron chi connectivity index (χ2n) is 3.77. The molecule has 0 amide bonds. The van der Waals surface area contributed by atoms with Crippen molar-refractivity contribution >= 4 is 6.29 Å². The van der Waals surface area contributed by atoms with E-state index in [0.29, 0.717) is 30.6 Å². The molecule has 2 rings (SSSR count). The van der Waals surface area contributed by atoms with Crippen molar-refractivity contribution in [2.24, 2.45) is 5.92 Å². The number of hydrogen-bond donors (Lipinski definition) is 0. The van der Waals surface area contributed by atoms with Crippen LogP contribution in [0.1, 0.15) is 13.3 Å². The topological polar surface area (TPSA) is 35.5 Å². The van der Waals surface area contributed by atoms with Gasteiger partial charge in [0.2, 0.25) is 0 Å². The van der Waals surface area contributed by atoms with Crippen molar-refractivity contribution in [3.8, 4) is 0 Å². The molecule has 2 unspecified atom stereocenters. The number of methoxy groups -OCH3 is 1. The highest BCUT2D eigenvalue weighted by atomic mass is 19.1. The Bertz CT molecular complexity index is 357. The lowest BCUT2D eigenvalue weighted by molar-refractivity contribution is -0.106. The van der Waals surface area contributed by atoms with Crippen LogP contribution in [0.4, 0.5) is 4.39 Å². The van der Waals surface area contributed by atoms with E-state index < -0.39 is 5.83 Å². The van der Waals surface area contributed by atoms with Gasteiger partial charge in [0.25, 0.3) is 0 Å². The third-order valence-electron chi connectivity index (χ3n) is 3.01. The van der Waals surface area contributed by atoms with Gasteiger partial charge in [0.1, 0.15) is 24.0 Å². The van der Waals surface area contributed by atoms with E-state index in [0.717, 1.165) is 0 Å². The maximum atomic E-state index is 13.8. The summed E-state index contributed by atoms with van der Waals surface area (Å²) in [6, 6.07) is 0. The molecular formula is C11H13FO3. The Morgan fingerprint density at radius 2 is 2.33 bits per heavy atom. The normalized spacial score (nSPS) is 30.3.